The van der Waals surface area contributed by atoms with Crippen molar-refractivity contribution in [3.63, 3.8) is 0 Å². The van der Waals surface area contributed by atoms with Gasteiger partial charge in [0.25, 0.3) is 0 Å². The minimum absolute atomic E-state index is 0.0723. The van der Waals surface area contributed by atoms with Crippen LogP contribution in [0.4, 0.5) is 0 Å². The highest BCUT2D eigenvalue weighted by Gasteiger charge is 2.36. The molecule has 2 rings (SSSR count). The Morgan fingerprint density at radius 3 is 2.68 bits per heavy atom. The second kappa shape index (κ2) is 6.71. The Morgan fingerprint density at radius 2 is 2.05 bits per heavy atom. The molecule has 1 aliphatic heterocycles. The Kier molecular flexibility index (Phi) is 5.22. The summed E-state index contributed by atoms with van der Waals surface area (Å²) < 4.78 is 5.83. The Labute approximate surface area is 116 Å². The molecule has 19 heavy (non-hydrogen) atoms. The maximum Gasteiger partial charge on any atom is 0.324 e. The molecule has 2 aliphatic rings. The van der Waals surface area contributed by atoms with E-state index in [1.54, 1.807) is 0 Å². The number of esters is 1. The largest absolute Gasteiger partial charge is 0.461 e. The molecule has 0 aromatic rings. The molecule has 0 amide bonds. The van der Waals surface area contributed by atoms with Crippen molar-refractivity contribution in [3.05, 3.63) is 0 Å². The minimum Gasteiger partial charge on any atom is -0.461 e. The van der Waals surface area contributed by atoms with Crippen LogP contribution in [0.5, 0.6) is 0 Å². The lowest BCUT2D eigenvalue weighted by molar-refractivity contribution is -0.159. The number of hydrogen-bond acceptors (Lipinski definition) is 4. The summed E-state index contributed by atoms with van der Waals surface area (Å²) in [7, 11) is 0. The number of piperazine rings is 1. The molecule has 1 saturated heterocycles. The zero-order valence-corrected chi connectivity index (χ0v) is 12.4. The zero-order chi connectivity index (χ0) is 13.8. The highest BCUT2D eigenvalue weighted by Crippen LogP contribution is 2.36. The molecule has 4 heteroatoms. The molecule has 0 bridgehead atoms. The highest BCUT2D eigenvalue weighted by atomic mass is 16.5. The van der Waals surface area contributed by atoms with E-state index in [9.17, 15) is 4.79 Å². The van der Waals surface area contributed by atoms with Crippen LogP contribution in [-0.2, 0) is 9.53 Å². The number of ether oxygens (including phenoxy) is 1. The molecule has 110 valence electrons. The average molecular weight is 268 g/mol. The van der Waals surface area contributed by atoms with Crippen LogP contribution in [0.3, 0.4) is 0 Å². The fourth-order valence-corrected chi connectivity index (χ4v) is 3.67. The van der Waals surface area contributed by atoms with Crippen molar-refractivity contribution in [1.82, 2.24) is 10.6 Å². The Morgan fingerprint density at radius 1 is 1.26 bits per heavy atom. The van der Waals surface area contributed by atoms with E-state index in [0.717, 1.165) is 19.5 Å². The molecule has 0 spiro atoms. The molecule has 1 heterocycles. The van der Waals surface area contributed by atoms with Gasteiger partial charge in [-0.3, -0.25) is 4.79 Å². The van der Waals surface area contributed by atoms with Crippen LogP contribution in [0.25, 0.3) is 0 Å². The molecule has 2 N–H and O–H groups in total. The van der Waals surface area contributed by atoms with Crippen LogP contribution in [0, 0.1) is 17.8 Å². The highest BCUT2D eigenvalue weighted by molar-refractivity contribution is 5.76. The van der Waals surface area contributed by atoms with E-state index in [0.29, 0.717) is 24.3 Å². The lowest BCUT2D eigenvalue weighted by atomic mass is 9.72. The SMILES string of the molecule is CC(C)C1C(C)CCCC1OC(=O)C1CNCCN1. The average Bonchev–Trinajstić information content (AvgIpc) is 2.39. The molecule has 4 atom stereocenters. The molecule has 1 aliphatic carbocycles. The van der Waals surface area contributed by atoms with Gasteiger partial charge in [-0.2, -0.15) is 0 Å². The third kappa shape index (κ3) is 3.69. The van der Waals surface area contributed by atoms with Gasteiger partial charge in [0.15, 0.2) is 0 Å². The van der Waals surface area contributed by atoms with Crippen LogP contribution in [0.2, 0.25) is 0 Å². The van der Waals surface area contributed by atoms with Gasteiger partial charge in [-0.1, -0.05) is 27.2 Å². The number of hydrogen-bond donors (Lipinski definition) is 2. The van der Waals surface area contributed by atoms with E-state index < -0.39 is 0 Å². The van der Waals surface area contributed by atoms with Gasteiger partial charge in [0, 0.05) is 25.6 Å². The number of nitrogens with one attached hydrogen (secondary N) is 2. The van der Waals surface area contributed by atoms with Crippen LogP contribution in [0.15, 0.2) is 0 Å². The summed E-state index contributed by atoms with van der Waals surface area (Å²) in [5.41, 5.74) is 0. The van der Waals surface area contributed by atoms with Gasteiger partial charge >= 0.3 is 5.97 Å². The molecular formula is C15H28N2O2. The monoisotopic (exact) mass is 268 g/mol. The summed E-state index contributed by atoms with van der Waals surface area (Å²) in [5.74, 6) is 1.67. The Balaban J connectivity index is 1.93. The third-order valence-electron chi connectivity index (χ3n) is 4.60. The van der Waals surface area contributed by atoms with Gasteiger partial charge in [0.2, 0.25) is 0 Å². The fraction of sp³-hybridized carbons (Fsp3) is 0.933. The zero-order valence-electron chi connectivity index (χ0n) is 12.4. The summed E-state index contributed by atoms with van der Waals surface area (Å²) in [6.07, 6.45) is 3.58. The van der Waals surface area contributed by atoms with E-state index in [1.165, 1.54) is 12.8 Å². The quantitative estimate of drug-likeness (QED) is 0.763. The first-order valence-corrected chi connectivity index (χ1v) is 7.74. The Bertz CT molecular complexity index is 301. The van der Waals surface area contributed by atoms with Crippen molar-refractivity contribution in [3.8, 4) is 0 Å². The van der Waals surface area contributed by atoms with Crippen LogP contribution >= 0.6 is 0 Å². The van der Waals surface area contributed by atoms with Crippen molar-refractivity contribution in [2.45, 2.75) is 52.2 Å². The van der Waals surface area contributed by atoms with Gasteiger partial charge in [-0.05, 0) is 24.7 Å². The predicted molar refractivity (Wildman–Crippen MR) is 75.9 cm³/mol. The van der Waals surface area contributed by atoms with Crippen molar-refractivity contribution < 1.29 is 9.53 Å². The fourth-order valence-electron chi connectivity index (χ4n) is 3.67. The van der Waals surface area contributed by atoms with Gasteiger partial charge < -0.3 is 15.4 Å². The predicted octanol–water partition coefficient (Wildman–Crippen LogP) is 1.55. The summed E-state index contributed by atoms with van der Waals surface area (Å²) in [5, 5.41) is 6.46. The molecule has 0 aromatic heterocycles. The van der Waals surface area contributed by atoms with E-state index in [2.05, 4.69) is 31.4 Å². The first kappa shape index (κ1) is 14.8. The van der Waals surface area contributed by atoms with E-state index in [-0.39, 0.29) is 18.1 Å². The van der Waals surface area contributed by atoms with E-state index >= 15 is 0 Å². The third-order valence-corrected chi connectivity index (χ3v) is 4.60. The number of carbonyl (C=O) groups is 1. The van der Waals surface area contributed by atoms with Gasteiger partial charge in [-0.25, -0.2) is 0 Å². The summed E-state index contributed by atoms with van der Waals surface area (Å²) in [6, 6.07) is -0.168. The second-order valence-corrected chi connectivity index (χ2v) is 6.42. The molecule has 4 unspecified atom stereocenters. The first-order valence-electron chi connectivity index (χ1n) is 7.74. The number of rotatable bonds is 3. The smallest absolute Gasteiger partial charge is 0.324 e. The van der Waals surface area contributed by atoms with Crippen molar-refractivity contribution in [2.75, 3.05) is 19.6 Å². The van der Waals surface area contributed by atoms with E-state index in [4.69, 9.17) is 4.74 Å². The lowest BCUT2D eigenvalue weighted by Crippen LogP contribution is -2.54. The van der Waals surface area contributed by atoms with Gasteiger partial charge in [-0.15, -0.1) is 0 Å². The second-order valence-electron chi connectivity index (χ2n) is 6.42. The van der Waals surface area contributed by atoms with Crippen molar-refractivity contribution in [1.29, 1.82) is 0 Å². The molecular weight excluding hydrogens is 240 g/mol. The lowest BCUT2D eigenvalue weighted by Gasteiger charge is -2.39. The molecule has 0 aromatic carbocycles. The van der Waals surface area contributed by atoms with Gasteiger partial charge in [0.1, 0.15) is 12.1 Å². The summed E-state index contributed by atoms with van der Waals surface area (Å²) >= 11 is 0. The molecule has 0 radical (unpaired) electrons. The summed E-state index contributed by atoms with van der Waals surface area (Å²) in [6.45, 7) is 9.24. The van der Waals surface area contributed by atoms with Crippen molar-refractivity contribution in [2.24, 2.45) is 17.8 Å². The molecule has 2 fully saturated rings. The molecule has 1 saturated carbocycles. The maximum atomic E-state index is 12.2. The minimum atomic E-state index is -0.168. The maximum absolute atomic E-state index is 12.2. The Hall–Kier alpha value is -0.610. The first-order chi connectivity index (χ1) is 9.09. The van der Waals surface area contributed by atoms with Crippen molar-refractivity contribution >= 4 is 5.97 Å². The topological polar surface area (TPSA) is 50.4 Å². The molecule has 4 nitrogen and oxygen atoms in total. The van der Waals surface area contributed by atoms with E-state index in [1.807, 2.05) is 0 Å². The normalized spacial score (nSPS) is 36.2. The standard InChI is InChI=1S/C15H28N2O2/c1-10(2)14-11(3)5-4-6-13(14)19-15(18)12-9-16-7-8-17-12/h10-14,16-17H,4-9H2,1-3H3. The number of carbonyl (C=O) groups excluding carboxylic acids is 1. The summed E-state index contributed by atoms with van der Waals surface area (Å²) in [4.78, 5) is 12.2. The van der Waals surface area contributed by atoms with Gasteiger partial charge in [0.05, 0.1) is 0 Å². The van der Waals surface area contributed by atoms with Crippen LogP contribution in [-0.4, -0.2) is 37.7 Å². The van der Waals surface area contributed by atoms with Crippen LogP contribution < -0.4 is 10.6 Å². The van der Waals surface area contributed by atoms with Crippen LogP contribution in [0.1, 0.15) is 40.0 Å².